The number of carbonyl (C=O) groups excluding carboxylic acids is 1. The summed E-state index contributed by atoms with van der Waals surface area (Å²) in [6.45, 7) is 10.6. The predicted octanol–water partition coefficient (Wildman–Crippen LogP) is 3.42. The molecule has 1 unspecified atom stereocenters. The van der Waals surface area contributed by atoms with Crippen molar-refractivity contribution in [3.63, 3.8) is 0 Å². The number of carbonyl (C=O) groups is 1. The Morgan fingerprint density at radius 1 is 1.29 bits per heavy atom. The zero-order valence-electron chi connectivity index (χ0n) is 16.9. The number of rotatable bonds is 3. The number of nitrogens with one attached hydrogen (secondary N) is 1. The summed E-state index contributed by atoms with van der Waals surface area (Å²) >= 11 is 0. The first-order valence-electron chi connectivity index (χ1n) is 9.92. The molecule has 3 aromatic rings. The Kier molecular flexibility index (Phi) is 4.89. The summed E-state index contributed by atoms with van der Waals surface area (Å²) in [5, 5.41) is 8.74. The maximum atomic E-state index is 13.4. The van der Waals surface area contributed by atoms with Crippen LogP contribution in [0.2, 0.25) is 0 Å². The van der Waals surface area contributed by atoms with Crippen LogP contribution in [-0.4, -0.2) is 51.2 Å². The molecule has 1 N–H and O–H groups in total. The van der Waals surface area contributed by atoms with Crippen molar-refractivity contribution in [2.75, 3.05) is 19.6 Å². The van der Waals surface area contributed by atoms with E-state index < -0.39 is 0 Å². The smallest absolute Gasteiger partial charge is 0.254 e. The molecule has 0 radical (unpaired) electrons. The third-order valence-corrected chi connectivity index (χ3v) is 5.36. The second-order valence-corrected chi connectivity index (χ2v) is 7.90. The van der Waals surface area contributed by atoms with Crippen molar-refractivity contribution >= 4 is 16.9 Å². The van der Waals surface area contributed by atoms with Gasteiger partial charge in [0.05, 0.1) is 22.8 Å². The summed E-state index contributed by atoms with van der Waals surface area (Å²) in [5.74, 6) is 0.0545. The highest BCUT2D eigenvalue weighted by Gasteiger charge is 2.25. The summed E-state index contributed by atoms with van der Waals surface area (Å²) in [4.78, 5) is 20.3. The van der Waals surface area contributed by atoms with Gasteiger partial charge in [-0.2, -0.15) is 5.10 Å². The zero-order chi connectivity index (χ0) is 19.8. The first kappa shape index (κ1) is 18.6. The number of amides is 1. The molecule has 6 nitrogen and oxygen atoms in total. The van der Waals surface area contributed by atoms with Gasteiger partial charge in [0, 0.05) is 37.3 Å². The van der Waals surface area contributed by atoms with Crippen molar-refractivity contribution in [2.24, 2.45) is 0 Å². The molecule has 0 spiro atoms. The molecule has 28 heavy (non-hydrogen) atoms. The molecule has 146 valence electrons. The van der Waals surface area contributed by atoms with Crippen LogP contribution in [0.4, 0.5) is 0 Å². The van der Waals surface area contributed by atoms with E-state index in [2.05, 4.69) is 50.2 Å². The van der Waals surface area contributed by atoms with Gasteiger partial charge in [-0.05, 0) is 39.3 Å². The summed E-state index contributed by atoms with van der Waals surface area (Å²) in [5.41, 5.74) is 4.45. The first-order chi connectivity index (χ1) is 13.5. The molecule has 1 atom stereocenters. The van der Waals surface area contributed by atoms with Crippen LogP contribution in [0, 0.1) is 6.92 Å². The molecule has 1 aromatic carbocycles. The zero-order valence-corrected chi connectivity index (χ0v) is 16.9. The van der Waals surface area contributed by atoms with Crippen LogP contribution in [0.1, 0.15) is 42.7 Å². The summed E-state index contributed by atoms with van der Waals surface area (Å²) in [6, 6.07) is 10.5. The number of aromatic nitrogens is 3. The van der Waals surface area contributed by atoms with Crippen molar-refractivity contribution in [2.45, 2.75) is 39.8 Å². The lowest BCUT2D eigenvalue weighted by atomic mass is 10.0. The second kappa shape index (κ2) is 7.36. The molecule has 3 heterocycles. The number of hydrogen-bond acceptors (Lipinski definition) is 4. The third kappa shape index (κ3) is 3.29. The van der Waals surface area contributed by atoms with Gasteiger partial charge in [-0.1, -0.05) is 24.3 Å². The maximum Gasteiger partial charge on any atom is 0.254 e. The van der Waals surface area contributed by atoms with Gasteiger partial charge in [0.1, 0.15) is 0 Å². The van der Waals surface area contributed by atoms with Gasteiger partial charge >= 0.3 is 0 Å². The van der Waals surface area contributed by atoms with E-state index in [1.165, 1.54) is 0 Å². The molecule has 1 amide bonds. The summed E-state index contributed by atoms with van der Waals surface area (Å²) in [6.07, 6.45) is 1.78. The lowest BCUT2D eigenvalue weighted by Crippen LogP contribution is -2.51. The fourth-order valence-corrected chi connectivity index (χ4v) is 3.86. The number of benzene rings is 1. The Labute approximate surface area is 165 Å². The maximum absolute atomic E-state index is 13.4. The van der Waals surface area contributed by atoms with E-state index >= 15 is 0 Å². The molecular weight excluding hydrogens is 350 g/mol. The van der Waals surface area contributed by atoms with Crippen LogP contribution < -0.4 is 5.32 Å². The van der Waals surface area contributed by atoms with Gasteiger partial charge in [-0.15, -0.1) is 0 Å². The minimum Gasteiger partial charge on any atom is -0.336 e. The predicted molar refractivity (Wildman–Crippen MR) is 111 cm³/mol. The number of nitrogens with zero attached hydrogens (tertiary/aromatic N) is 4. The number of fused-ring (bicyclic) bond motifs is 1. The first-order valence-corrected chi connectivity index (χ1v) is 9.92. The second-order valence-electron chi connectivity index (χ2n) is 7.90. The van der Waals surface area contributed by atoms with Crippen molar-refractivity contribution < 1.29 is 4.79 Å². The fourth-order valence-electron chi connectivity index (χ4n) is 3.86. The summed E-state index contributed by atoms with van der Waals surface area (Å²) in [7, 11) is 0. The molecule has 0 saturated carbocycles. The van der Waals surface area contributed by atoms with E-state index in [-0.39, 0.29) is 11.9 Å². The van der Waals surface area contributed by atoms with Crippen LogP contribution >= 0.6 is 0 Å². The van der Waals surface area contributed by atoms with Crippen molar-refractivity contribution in [3.05, 3.63) is 47.7 Å². The molecule has 0 bridgehead atoms. The number of hydrogen-bond donors (Lipinski definition) is 1. The molecule has 2 aromatic heterocycles. The highest BCUT2D eigenvalue weighted by molar-refractivity contribution is 6.06. The van der Waals surface area contributed by atoms with Crippen LogP contribution in [-0.2, 0) is 0 Å². The standard InChI is InChI=1S/C22H27N5O/c1-14(2)27-21-19(12-24-27)18(22(28)26-10-9-23-16(4)13-26)11-20(25-21)17-8-6-5-7-15(17)3/h5-8,11-12,14,16,23H,9-10,13H2,1-4H3. The third-order valence-electron chi connectivity index (χ3n) is 5.36. The van der Waals surface area contributed by atoms with Gasteiger partial charge < -0.3 is 10.2 Å². The lowest BCUT2D eigenvalue weighted by Gasteiger charge is -2.32. The van der Waals surface area contributed by atoms with E-state index in [0.29, 0.717) is 24.7 Å². The van der Waals surface area contributed by atoms with Crippen molar-refractivity contribution in [1.82, 2.24) is 25.0 Å². The molecule has 0 aliphatic carbocycles. The minimum absolute atomic E-state index is 0.0545. The molecule has 4 rings (SSSR count). The number of aryl methyl sites for hydroxylation is 1. The van der Waals surface area contributed by atoms with E-state index in [1.807, 2.05) is 27.8 Å². The van der Waals surface area contributed by atoms with Crippen molar-refractivity contribution in [3.8, 4) is 11.3 Å². The number of pyridine rings is 1. The van der Waals surface area contributed by atoms with Crippen LogP contribution in [0.25, 0.3) is 22.3 Å². The largest absolute Gasteiger partial charge is 0.336 e. The highest BCUT2D eigenvalue weighted by Crippen LogP contribution is 2.29. The van der Waals surface area contributed by atoms with Gasteiger partial charge in [-0.25, -0.2) is 9.67 Å². The van der Waals surface area contributed by atoms with Crippen LogP contribution in [0.3, 0.4) is 0 Å². The number of piperazine rings is 1. The highest BCUT2D eigenvalue weighted by atomic mass is 16.2. The van der Waals surface area contributed by atoms with Gasteiger partial charge in [0.2, 0.25) is 0 Å². The molecule has 1 saturated heterocycles. The van der Waals surface area contributed by atoms with E-state index in [0.717, 1.165) is 34.4 Å². The molecule has 1 aliphatic rings. The van der Waals surface area contributed by atoms with Crippen LogP contribution in [0.15, 0.2) is 36.5 Å². The Morgan fingerprint density at radius 2 is 2.07 bits per heavy atom. The average molecular weight is 377 g/mol. The SMILES string of the molecule is Cc1ccccc1-c1cc(C(=O)N2CCNC(C)C2)c2cnn(C(C)C)c2n1. The normalized spacial score (nSPS) is 17.5. The Balaban J connectivity index is 1.89. The van der Waals surface area contributed by atoms with E-state index in [4.69, 9.17) is 4.98 Å². The van der Waals surface area contributed by atoms with Crippen molar-refractivity contribution in [1.29, 1.82) is 0 Å². The van der Waals surface area contributed by atoms with E-state index in [9.17, 15) is 4.79 Å². The molecule has 1 aliphatic heterocycles. The average Bonchev–Trinajstić information content (AvgIpc) is 3.11. The molecule has 1 fully saturated rings. The monoisotopic (exact) mass is 377 g/mol. The van der Waals surface area contributed by atoms with Crippen LogP contribution in [0.5, 0.6) is 0 Å². The van der Waals surface area contributed by atoms with E-state index in [1.54, 1.807) is 6.20 Å². The fraction of sp³-hybridized carbons (Fsp3) is 0.409. The topological polar surface area (TPSA) is 63.1 Å². The molecular formula is C22H27N5O. The molecule has 6 heteroatoms. The quantitative estimate of drug-likeness (QED) is 0.760. The van der Waals surface area contributed by atoms with Gasteiger partial charge in [-0.3, -0.25) is 4.79 Å². The van der Waals surface area contributed by atoms with Gasteiger partial charge in [0.15, 0.2) is 5.65 Å². The summed E-state index contributed by atoms with van der Waals surface area (Å²) < 4.78 is 1.90. The lowest BCUT2D eigenvalue weighted by molar-refractivity contribution is 0.0711. The van der Waals surface area contributed by atoms with Gasteiger partial charge in [0.25, 0.3) is 5.91 Å². The Morgan fingerprint density at radius 3 is 2.79 bits per heavy atom. The Bertz CT molecular complexity index is 1020. The Hall–Kier alpha value is -2.73. The minimum atomic E-state index is 0.0545.